The second kappa shape index (κ2) is 5.97. The average molecular weight is 304 g/mol. The van der Waals surface area contributed by atoms with Crippen molar-refractivity contribution in [1.82, 2.24) is 0 Å². The predicted molar refractivity (Wildman–Crippen MR) is 92.3 cm³/mol. The molecule has 3 rings (SSSR count). The van der Waals surface area contributed by atoms with Crippen LogP contribution in [0.5, 0.6) is 5.75 Å². The highest BCUT2D eigenvalue weighted by Gasteiger charge is 2.10. The number of aromatic hydroxyl groups is 1. The van der Waals surface area contributed by atoms with E-state index in [9.17, 15) is 9.90 Å². The van der Waals surface area contributed by atoms with Gasteiger partial charge in [0.2, 0.25) is 0 Å². The van der Waals surface area contributed by atoms with Gasteiger partial charge in [-0.25, -0.2) is 4.79 Å². The number of fused-ring (bicyclic) bond motifs is 1. The second-order valence-corrected chi connectivity index (χ2v) is 5.43. The van der Waals surface area contributed by atoms with Crippen LogP contribution in [0, 0.1) is 0 Å². The van der Waals surface area contributed by atoms with Crippen molar-refractivity contribution < 1.29 is 15.0 Å². The van der Waals surface area contributed by atoms with Crippen LogP contribution in [0.4, 0.5) is 0 Å². The van der Waals surface area contributed by atoms with Crippen LogP contribution in [-0.2, 0) is 4.79 Å². The third-order valence-corrected chi connectivity index (χ3v) is 3.81. The van der Waals surface area contributed by atoms with Gasteiger partial charge >= 0.3 is 5.97 Å². The molecule has 3 nitrogen and oxygen atoms in total. The summed E-state index contributed by atoms with van der Waals surface area (Å²) >= 11 is 0. The van der Waals surface area contributed by atoms with Gasteiger partial charge in [0.05, 0.1) is 0 Å². The molecule has 0 unspecified atom stereocenters. The minimum Gasteiger partial charge on any atom is -0.508 e. The normalized spacial score (nSPS) is 11.6. The van der Waals surface area contributed by atoms with Crippen molar-refractivity contribution in [3.05, 3.63) is 71.8 Å². The largest absolute Gasteiger partial charge is 0.508 e. The van der Waals surface area contributed by atoms with Gasteiger partial charge in [-0.3, -0.25) is 0 Å². The molecular formula is C20H16O3. The number of benzene rings is 3. The monoisotopic (exact) mass is 304 g/mol. The van der Waals surface area contributed by atoms with Crippen LogP contribution < -0.4 is 0 Å². The van der Waals surface area contributed by atoms with Crippen molar-refractivity contribution in [2.45, 2.75) is 6.92 Å². The van der Waals surface area contributed by atoms with E-state index in [1.807, 2.05) is 48.5 Å². The number of hydrogen-bond donors (Lipinski definition) is 2. The summed E-state index contributed by atoms with van der Waals surface area (Å²) in [4.78, 5) is 11.2. The molecule has 0 aliphatic carbocycles. The lowest BCUT2D eigenvalue weighted by Gasteiger charge is -2.12. The Labute approximate surface area is 134 Å². The van der Waals surface area contributed by atoms with Gasteiger partial charge in [0, 0.05) is 5.57 Å². The van der Waals surface area contributed by atoms with Crippen molar-refractivity contribution in [3.63, 3.8) is 0 Å². The number of rotatable bonds is 3. The molecular weight excluding hydrogens is 288 g/mol. The van der Waals surface area contributed by atoms with Gasteiger partial charge in [0.1, 0.15) is 5.75 Å². The maximum absolute atomic E-state index is 11.2. The molecule has 3 aromatic carbocycles. The maximum Gasteiger partial charge on any atom is 0.331 e. The molecule has 3 aromatic rings. The zero-order chi connectivity index (χ0) is 16.4. The Kier molecular flexibility index (Phi) is 3.85. The topological polar surface area (TPSA) is 57.5 Å². The first kappa shape index (κ1) is 14.9. The van der Waals surface area contributed by atoms with Crippen LogP contribution in [0.25, 0.3) is 28.0 Å². The van der Waals surface area contributed by atoms with Gasteiger partial charge in [-0.05, 0) is 52.6 Å². The molecule has 0 bridgehead atoms. The van der Waals surface area contributed by atoms with Crippen LogP contribution in [0.3, 0.4) is 0 Å². The van der Waals surface area contributed by atoms with Crippen LogP contribution in [-0.4, -0.2) is 16.2 Å². The van der Waals surface area contributed by atoms with Gasteiger partial charge < -0.3 is 10.2 Å². The molecule has 0 aliphatic heterocycles. The zero-order valence-electron chi connectivity index (χ0n) is 12.7. The van der Waals surface area contributed by atoms with Crippen molar-refractivity contribution in [2.75, 3.05) is 0 Å². The highest BCUT2D eigenvalue weighted by atomic mass is 16.4. The molecule has 0 saturated heterocycles. The number of hydrogen-bond acceptors (Lipinski definition) is 2. The number of phenols is 1. The second-order valence-electron chi connectivity index (χ2n) is 5.43. The van der Waals surface area contributed by atoms with E-state index < -0.39 is 5.97 Å². The minimum absolute atomic E-state index is 0.210. The highest BCUT2D eigenvalue weighted by Crippen LogP contribution is 2.34. The average Bonchev–Trinajstić information content (AvgIpc) is 2.55. The van der Waals surface area contributed by atoms with Crippen LogP contribution in [0.15, 0.2) is 66.2 Å². The Morgan fingerprint density at radius 2 is 1.74 bits per heavy atom. The summed E-state index contributed by atoms with van der Waals surface area (Å²) in [7, 11) is 0. The van der Waals surface area contributed by atoms with E-state index in [1.54, 1.807) is 25.1 Å². The zero-order valence-corrected chi connectivity index (χ0v) is 12.7. The number of aliphatic carboxylic acids is 1. The standard InChI is InChI=1S/C20H16O3/c1-13(20(22)23)11-16-8-7-15-12-17(21)9-10-18(15)19(16)14-5-3-2-4-6-14/h2-12,21H,1H3,(H,22,23)/b13-11-. The molecule has 0 saturated carbocycles. The fourth-order valence-electron chi connectivity index (χ4n) is 2.68. The number of carboxylic acid groups (broad SMARTS) is 1. The van der Waals surface area contributed by atoms with Gasteiger partial charge in [-0.1, -0.05) is 48.5 Å². The number of phenolic OH excluding ortho intramolecular Hbond substituents is 1. The quantitative estimate of drug-likeness (QED) is 0.689. The van der Waals surface area contributed by atoms with E-state index in [0.29, 0.717) is 0 Å². The summed E-state index contributed by atoms with van der Waals surface area (Å²) < 4.78 is 0. The smallest absolute Gasteiger partial charge is 0.331 e. The third-order valence-electron chi connectivity index (χ3n) is 3.81. The van der Waals surface area contributed by atoms with Crippen molar-refractivity contribution in [2.24, 2.45) is 0 Å². The van der Waals surface area contributed by atoms with Gasteiger partial charge in [0.25, 0.3) is 0 Å². The van der Waals surface area contributed by atoms with E-state index in [-0.39, 0.29) is 11.3 Å². The molecule has 0 spiro atoms. The van der Waals surface area contributed by atoms with Crippen LogP contribution in [0.1, 0.15) is 12.5 Å². The Balaban J connectivity index is 2.34. The molecule has 114 valence electrons. The van der Waals surface area contributed by atoms with E-state index in [2.05, 4.69) is 0 Å². The lowest BCUT2D eigenvalue weighted by atomic mass is 9.92. The van der Waals surface area contributed by atoms with Gasteiger partial charge in [0.15, 0.2) is 0 Å². The fraction of sp³-hybridized carbons (Fsp3) is 0.0500. The first-order chi connectivity index (χ1) is 11.1. The lowest BCUT2D eigenvalue weighted by Crippen LogP contribution is -1.96. The van der Waals surface area contributed by atoms with E-state index in [0.717, 1.165) is 27.5 Å². The molecule has 3 heteroatoms. The summed E-state index contributed by atoms with van der Waals surface area (Å²) in [6.45, 7) is 1.58. The molecule has 0 aromatic heterocycles. The Morgan fingerprint density at radius 3 is 2.43 bits per heavy atom. The first-order valence-corrected chi connectivity index (χ1v) is 7.29. The molecule has 0 amide bonds. The molecule has 2 N–H and O–H groups in total. The molecule has 0 fully saturated rings. The van der Waals surface area contributed by atoms with Crippen molar-refractivity contribution in [1.29, 1.82) is 0 Å². The minimum atomic E-state index is -0.935. The Bertz CT molecular complexity index is 909. The Hall–Kier alpha value is -3.07. The van der Waals surface area contributed by atoms with Gasteiger partial charge in [-0.2, -0.15) is 0 Å². The van der Waals surface area contributed by atoms with Crippen molar-refractivity contribution in [3.8, 4) is 16.9 Å². The fourth-order valence-corrected chi connectivity index (χ4v) is 2.68. The molecule has 0 heterocycles. The summed E-state index contributed by atoms with van der Waals surface area (Å²) in [5.41, 5.74) is 3.09. The van der Waals surface area contributed by atoms with Crippen LogP contribution in [0.2, 0.25) is 0 Å². The maximum atomic E-state index is 11.2. The third kappa shape index (κ3) is 2.94. The summed E-state index contributed by atoms with van der Waals surface area (Å²) in [5, 5.41) is 20.7. The van der Waals surface area contributed by atoms with E-state index in [1.165, 1.54) is 0 Å². The SMILES string of the molecule is C/C(=C/c1ccc2cc(O)ccc2c1-c1ccccc1)C(=O)O. The predicted octanol–water partition coefficient (Wildman–Crippen LogP) is 4.70. The summed E-state index contributed by atoms with van der Waals surface area (Å²) in [6.07, 6.45) is 1.68. The molecule has 0 aliphatic rings. The summed E-state index contributed by atoms with van der Waals surface area (Å²) in [5.74, 6) is -0.726. The Morgan fingerprint density at radius 1 is 1.00 bits per heavy atom. The lowest BCUT2D eigenvalue weighted by molar-refractivity contribution is -0.132. The molecule has 0 atom stereocenters. The van der Waals surface area contributed by atoms with E-state index in [4.69, 9.17) is 5.11 Å². The van der Waals surface area contributed by atoms with Gasteiger partial charge in [-0.15, -0.1) is 0 Å². The van der Waals surface area contributed by atoms with E-state index >= 15 is 0 Å². The molecule has 23 heavy (non-hydrogen) atoms. The highest BCUT2D eigenvalue weighted by molar-refractivity contribution is 6.03. The first-order valence-electron chi connectivity index (χ1n) is 7.29. The molecule has 0 radical (unpaired) electrons. The number of carbonyl (C=O) groups is 1. The van der Waals surface area contributed by atoms with Crippen LogP contribution >= 0.6 is 0 Å². The summed E-state index contributed by atoms with van der Waals surface area (Å²) in [6, 6.07) is 18.8. The number of carboxylic acids is 1. The van der Waals surface area contributed by atoms with Crippen molar-refractivity contribution >= 4 is 22.8 Å².